The number of anilines is 1. The van der Waals surface area contributed by atoms with Crippen molar-refractivity contribution in [2.24, 2.45) is 11.3 Å². The molecular formula is C28H26FN5O3. The number of benzene rings is 1. The van der Waals surface area contributed by atoms with Gasteiger partial charge in [-0.2, -0.15) is 5.26 Å². The first-order valence-corrected chi connectivity index (χ1v) is 12.1. The Labute approximate surface area is 214 Å². The van der Waals surface area contributed by atoms with Gasteiger partial charge >= 0.3 is 0 Å². The van der Waals surface area contributed by atoms with Crippen LogP contribution in [0.2, 0.25) is 0 Å². The Kier molecular flexibility index (Phi) is 6.34. The van der Waals surface area contributed by atoms with Crippen molar-refractivity contribution in [3.63, 3.8) is 0 Å². The monoisotopic (exact) mass is 499 g/mol. The summed E-state index contributed by atoms with van der Waals surface area (Å²) in [5, 5.41) is 12.6. The lowest BCUT2D eigenvalue weighted by Gasteiger charge is -2.21. The Morgan fingerprint density at radius 3 is 2.81 bits per heavy atom. The quantitative estimate of drug-likeness (QED) is 0.522. The van der Waals surface area contributed by atoms with Crippen LogP contribution < -0.4 is 15.0 Å². The lowest BCUT2D eigenvalue weighted by molar-refractivity contribution is -0.123. The second-order valence-electron chi connectivity index (χ2n) is 9.53. The minimum absolute atomic E-state index is 0.0698. The predicted octanol–water partition coefficient (Wildman–Crippen LogP) is 4.19. The number of pyridine rings is 2. The summed E-state index contributed by atoms with van der Waals surface area (Å²) >= 11 is 0. The van der Waals surface area contributed by atoms with Gasteiger partial charge in [0.2, 0.25) is 5.91 Å². The number of amides is 2. The fourth-order valence-corrected chi connectivity index (χ4v) is 4.93. The molecule has 3 aromatic rings. The molecule has 1 saturated carbocycles. The molecule has 5 rings (SSSR count). The molecule has 0 radical (unpaired) electrons. The molecule has 1 aromatic carbocycles. The highest BCUT2D eigenvalue weighted by molar-refractivity contribution is 6.03. The van der Waals surface area contributed by atoms with E-state index in [2.05, 4.69) is 21.4 Å². The number of hydrogen-bond donors (Lipinski definition) is 1. The number of nitrogens with one attached hydrogen (secondary N) is 1. The molecule has 3 heterocycles. The molecule has 1 saturated heterocycles. The number of hydrogen-bond acceptors (Lipinski definition) is 6. The lowest BCUT2D eigenvalue weighted by Crippen LogP contribution is -2.35. The van der Waals surface area contributed by atoms with Crippen molar-refractivity contribution in [3.8, 4) is 23.1 Å². The van der Waals surface area contributed by atoms with E-state index >= 15 is 0 Å². The number of carbonyl (C=O) groups is 2. The highest BCUT2D eigenvalue weighted by Crippen LogP contribution is 2.51. The number of methoxy groups -OCH3 is 1. The maximum Gasteiger partial charge on any atom is 0.270 e. The molecule has 2 fully saturated rings. The number of ether oxygens (including phenoxy) is 1. The van der Waals surface area contributed by atoms with Crippen molar-refractivity contribution >= 4 is 17.5 Å². The Morgan fingerprint density at radius 2 is 2.08 bits per heavy atom. The van der Waals surface area contributed by atoms with E-state index in [0.29, 0.717) is 46.9 Å². The Morgan fingerprint density at radius 1 is 1.27 bits per heavy atom. The highest BCUT2D eigenvalue weighted by atomic mass is 19.1. The lowest BCUT2D eigenvalue weighted by atomic mass is 9.83. The van der Waals surface area contributed by atoms with Gasteiger partial charge in [-0.15, -0.1) is 0 Å². The van der Waals surface area contributed by atoms with Crippen LogP contribution in [0.4, 0.5) is 10.1 Å². The zero-order chi connectivity index (χ0) is 26.2. The van der Waals surface area contributed by atoms with Crippen LogP contribution in [0.5, 0.6) is 5.75 Å². The molecule has 1 aliphatic heterocycles. The third-order valence-corrected chi connectivity index (χ3v) is 6.99. The molecule has 188 valence electrons. The molecule has 2 aromatic heterocycles. The van der Waals surface area contributed by atoms with Crippen LogP contribution in [-0.2, 0) is 11.3 Å². The second-order valence-corrected chi connectivity index (χ2v) is 9.53. The summed E-state index contributed by atoms with van der Waals surface area (Å²) < 4.78 is 19.6. The molecule has 8 nitrogen and oxygen atoms in total. The number of aromatic nitrogens is 2. The number of nitrogens with zero attached hydrogens (tertiary/aromatic N) is 4. The van der Waals surface area contributed by atoms with Crippen molar-refractivity contribution < 1.29 is 18.7 Å². The largest absolute Gasteiger partial charge is 0.497 e. The summed E-state index contributed by atoms with van der Waals surface area (Å²) in [6.45, 7) is 2.25. The van der Waals surface area contributed by atoms with Gasteiger partial charge in [-0.05, 0) is 74.1 Å². The molecule has 2 aliphatic rings. The van der Waals surface area contributed by atoms with E-state index in [1.54, 1.807) is 55.5 Å². The van der Waals surface area contributed by atoms with E-state index < -0.39 is 17.1 Å². The molecule has 0 spiro atoms. The number of nitriles is 1. The molecule has 0 bridgehead atoms. The van der Waals surface area contributed by atoms with Crippen LogP contribution in [0.15, 0.2) is 48.7 Å². The molecule has 0 unspecified atom stereocenters. The SMILES string of the molecule is COc1ccnc(-c2cc(F)cc(CNC(=O)c3cc(N4CC[C@@](C#N)(C5CC5)C4=O)cc(C)n3)c2)c1. The van der Waals surface area contributed by atoms with Gasteiger partial charge in [0.15, 0.2) is 0 Å². The molecule has 9 heteroatoms. The van der Waals surface area contributed by atoms with E-state index in [9.17, 15) is 19.2 Å². The van der Waals surface area contributed by atoms with Crippen molar-refractivity contribution in [2.75, 3.05) is 18.6 Å². The van der Waals surface area contributed by atoms with Gasteiger partial charge in [0.05, 0.1) is 18.9 Å². The average Bonchev–Trinajstić information content (AvgIpc) is 3.70. The van der Waals surface area contributed by atoms with Crippen LogP contribution in [0, 0.1) is 35.4 Å². The van der Waals surface area contributed by atoms with Crippen LogP contribution >= 0.6 is 0 Å². The molecule has 1 aliphatic carbocycles. The van der Waals surface area contributed by atoms with Crippen LogP contribution in [0.25, 0.3) is 11.3 Å². The number of halogens is 1. The van der Waals surface area contributed by atoms with Crippen molar-refractivity contribution in [2.45, 2.75) is 32.7 Å². The maximum atomic E-state index is 14.4. The minimum Gasteiger partial charge on any atom is -0.497 e. The third kappa shape index (κ3) is 4.75. The Bertz CT molecular complexity index is 1430. The summed E-state index contributed by atoms with van der Waals surface area (Å²) in [7, 11) is 1.54. The second kappa shape index (κ2) is 9.62. The van der Waals surface area contributed by atoms with Gasteiger partial charge in [-0.1, -0.05) is 0 Å². The van der Waals surface area contributed by atoms with E-state index in [1.807, 2.05) is 0 Å². The average molecular weight is 500 g/mol. The number of carbonyl (C=O) groups excluding carboxylic acids is 2. The van der Waals surface area contributed by atoms with Crippen LogP contribution in [-0.4, -0.2) is 35.4 Å². The van der Waals surface area contributed by atoms with E-state index in [-0.39, 0.29) is 24.1 Å². The standard InChI is InChI=1S/C28H26FN5O3/c1-17-9-22(34-8-6-28(16-30,27(34)36)20-3-4-20)13-25(33-17)26(35)32-15-18-10-19(12-21(29)11-18)24-14-23(37-2)5-7-31-24/h5,7,9-14,20H,3-4,6,8,15H2,1-2H3,(H,32,35)/t28-/m1/s1. The van der Waals surface area contributed by atoms with Gasteiger partial charge in [0.25, 0.3) is 5.91 Å². The number of aryl methyl sites for hydroxylation is 1. The molecule has 1 atom stereocenters. The predicted molar refractivity (Wildman–Crippen MR) is 134 cm³/mol. The topological polar surface area (TPSA) is 108 Å². The first-order chi connectivity index (χ1) is 17.8. The summed E-state index contributed by atoms with van der Waals surface area (Å²) in [5.41, 5.74) is 1.97. The van der Waals surface area contributed by atoms with Gasteiger partial charge < -0.3 is 15.0 Å². The fourth-order valence-electron chi connectivity index (χ4n) is 4.93. The minimum atomic E-state index is -0.966. The van der Waals surface area contributed by atoms with Crippen LogP contribution in [0.1, 0.15) is 41.0 Å². The van der Waals surface area contributed by atoms with Crippen molar-refractivity contribution in [1.29, 1.82) is 5.26 Å². The fraction of sp³-hybridized carbons (Fsp3) is 0.321. The van der Waals surface area contributed by atoms with Crippen LogP contribution in [0.3, 0.4) is 0 Å². The van der Waals surface area contributed by atoms with E-state index in [1.165, 1.54) is 12.1 Å². The first-order valence-electron chi connectivity index (χ1n) is 12.1. The Balaban J connectivity index is 1.33. The zero-order valence-electron chi connectivity index (χ0n) is 20.6. The van der Waals surface area contributed by atoms with E-state index in [4.69, 9.17) is 4.74 Å². The zero-order valence-corrected chi connectivity index (χ0v) is 20.6. The van der Waals surface area contributed by atoms with Gasteiger partial charge in [0.1, 0.15) is 22.7 Å². The van der Waals surface area contributed by atoms with Crippen molar-refractivity contribution in [1.82, 2.24) is 15.3 Å². The molecule has 2 amide bonds. The highest BCUT2D eigenvalue weighted by Gasteiger charge is 2.56. The Hall–Kier alpha value is -4.32. The van der Waals surface area contributed by atoms with Gasteiger partial charge in [-0.25, -0.2) is 9.37 Å². The van der Waals surface area contributed by atoms with Gasteiger partial charge in [0, 0.05) is 42.3 Å². The maximum absolute atomic E-state index is 14.4. The van der Waals surface area contributed by atoms with Gasteiger partial charge in [-0.3, -0.25) is 14.6 Å². The summed E-state index contributed by atoms with van der Waals surface area (Å²) in [5.74, 6) is -0.384. The normalized spacial score (nSPS) is 19.0. The first kappa shape index (κ1) is 24.4. The summed E-state index contributed by atoms with van der Waals surface area (Å²) in [6, 6.07) is 13.5. The molecular weight excluding hydrogens is 473 g/mol. The summed E-state index contributed by atoms with van der Waals surface area (Å²) in [6.07, 6.45) is 3.86. The third-order valence-electron chi connectivity index (χ3n) is 6.99. The van der Waals surface area contributed by atoms with E-state index in [0.717, 1.165) is 12.8 Å². The molecule has 37 heavy (non-hydrogen) atoms. The smallest absolute Gasteiger partial charge is 0.270 e. The molecule has 1 N–H and O–H groups in total. The van der Waals surface area contributed by atoms with Crippen molar-refractivity contribution in [3.05, 3.63) is 71.4 Å². The summed E-state index contributed by atoms with van der Waals surface area (Å²) in [4.78, 5) is 36.4. The number of rotatable bonds is 7.